The first kappa shape index (κ1) is 10.4. The van der Waals surface area contributed by atoms with Crippen LogP contribution in [0.5, 0.6) is 0 Å². The van der Waals surface area contributed by atoms with Crippen LogP contribution in [-0.2, 0) is 4.74 Å². The van der Waals surface area contributed by atoms with E-state index in [9.17, 15) is 9.18 Å². The zero-order chi connectivity index (χ0) is 11.5. The SMILES string of the molecule is COC(=O)c1nccn1-c1ccc(F)cc1. The molecule has 0 N–H and O–H groups in total. The van der Waals surface area contributed by atoms with E-state index in [1.165, 1.54) is 30.0 Å². The van der Waals surface area contributed by atoms with E-state index in [1.807, 2.05) is 0 Å². The van der Waals surface area contributed by atoms with Gasteiger partial charge in [-0.2, -0.15) is 0 Å². The number of benzene rings is 1. The first-order valence-electron chi connectivity index (χ1n) is 4.60. The standard InChI is InChI=1S/C11H9FN2O2/c1-16-11(15)10-13-6-7-14(10)9-4-2-8(12)3-5-9/h2-7H,1H3. The Kier molecular flexibility index (Phi) is 2.68. The molecule has 0 saturated heterocycles. The van der Waals surface area contributed by atoms with E-state index in [1.54, 1.807) is 18.3 Å². The first-order chi connectivity index (χ1) is 7.72. The van der Waals surface area contributed by atoms with Gasteiger partial charge >= 0.3 is 5.97 Å². The highest BCUT2D eigenvalue weighted by Gasteiger charge is 2.13. The van der Waals surface area contributed by atoms with Crippen LogP contribution < -0.4 is 0 Å². The molecule has 4 nitrogen and oxygen atoms in total. The molecule has 0 atom stereocenters. The van der Waals surface area contributed by atoms with Crippen LogP contribution in [0.25, 0.3) is 5.69 Å². The van der Waals surface area contributed by atoms with Gasteiger partial charge in [-0.25, -0.2) is 14.2 Å². The molecule has 0 radical (unpaired) electrons. The Bertz CT molecular complexity index is 505. The molecule has 0 unspecified atom stereocenters. The normalized spacial score (nSPS) is 10.1. The molecular weight excluding hydrogens is 211 g/mol. The molecule has 1 aromatic heterocycles. The fourth-order valence-electron chi connectivity index (χ4n) is 1.36. The van der Waals surface area contributed by atoms with Gasteiger partial charge < -0.3 is 4.74 Å². The Balaban J connectivity index is 2.44. The van der Waals surface area contributed by atoms with E-state index in [0.717, 1.165) is 0 Å². The number of carbonyl (C=O) groups is 1. The van der Waals surface area contributed by atoms with Crippen LogP contribution >= 0.6 is 0 Å². The van der Waals surface area contributed by atoms with Crippen LogP contribution in [0.1, 0.15) is 10.6 Å². The molecule has 1 aromatic carbocycles. The highest BCUT2D eigenvalue weighted by atomic mass is 19.1. The summed E-state index contributed by atoms with van der Waals surface area (Å²) in [6.45, 7) is 0. The third-order valence-electron chi connectivity index (χ3n) is 2.11. The number of rotatable bonds is 2. The zero-order valence-corrected chi connectivity index (χ0v) is 8.55. The topological polar surface area (TPSA) is 44.1 Å². The van der Waals surface area contributed by atoms with Gasteiger partial charge in [0.2, 0.25) is 5.82 Å². The number of hydrogen-bond acceptors (Lipinski definition) is 3. The molecule has 0 bridgehead atoms. The zero-order valence-electron chi connectivity index (χ0n) is 8.55. The maximum absolute atomic E-state index is 12.7. The van der Waals surface area contributed by atoms with Gasteiger partial charge in [0.25, 0.3) is 0 Å². The van der Waals surface area contributed by atoms with Crippen LogP contribution in [0.15, 0.2) is 36.7 Å². The second kappa shape index (κ2) is 4.14. The molecule has 82 valence electrons. The van der Waals surface area contributed by atoms with Crippen molar-refractivity contribution in [3.63, 3.8) is 0 Å². The molecule has 0 spiro atoms. The van der Waals surface area contributed by atoms with Crippen molar-refractivity contribution in [2.45, 2.75) is 0 Å². The highest BCUT2D eigenvalue weighted by molar-refractivity contribution is 5.86. The number of aromatic nitrogens is 2. The predicted octanol–water partition coefficient (Wildman–Crippen LogP) is 1.80. The summed E-state index contributed by atoms with van der Waals surface area (Å²) in [6.07, 6.45) is 3.09. The van der Waals surface area contributed by atoms with E-state index in [4.69, 9.17) is 0 Å². The summed E-state index contributed by atoms with van der Waals surface area (Å²) < 4.78 is 18.9. The first-order valence-corrected chi connectivity index (χ1v) is 4.60. The van der Waals surface area contributed by atoms with E-state index in [0.29, 0.717) is 5.69 Å². The van der Waals surface area contributed by atoms with Crippen molar-refractivity contribution in [2.24, 2.45) is 0 Å². The van der Waals surface area contributed by atoms with E-state index in [-0.39, 0.29) is 11.6 Å². The van der Waals surface area contributed by atoms with Crippen LogP contribution in [0, 0.1) is 5.82 Å². The van der Waals surface area contributed by atoms with E-state index < -0.39 is 5.97 Å². The van der Waals surface area contributed by atoms with Gasteiger partial charge in [0.1, 0.15) is 5.82 Å². The summed E-state index contributed by atoms with van der Waals surface area (Å²) >= 11 is 0. The van der Waals surface area contributed by atoms with Crippen molar-refractivity contribution in [1.29, 1.82) is 0 Å². The molecular formula is C11H9FN2O2. The van der Waals surface area contributed by atoms with Gasteiger partial charge in [-0.05, 0) is 24.3 Å². The van der Waals surface area contributed by atoms with Crippen molar-refractivity contribution in [1.82, 2.24) is 9.55 Å². The lowest BCUT2D eigenvalue weighted by molar-refractivity contribution is 0.0584. The average molecular weight is 220 g/mol. The number of hydrogen-bond donors (Lipinski definition) is 0. The number of methoxy groups -OCH3 is 1. The van der Waals surface area contributed by atoms with Crippen molar-refractivity contribution < 1.29 is 13.9 Å². The van der Waals surface area contributed by atoms with E-state index >= 15 is 0 Å². The Hall–Kier alpha value is -2.17. The number of halogens is 1. The lowest BCUT2D eigenvalue weighted by Crippen LogP contribution is -2.10. The predicted molar refractivity (Wildman–Crippen MR) is 54.9 cm³/mol. The molecule has 2 rings (SSSR count). The number of ether oxygens (including phenoxy) is 1. The Labute approximate surface area is 91.3 Å². The van der Waals surface area contributed by atoms with Gasteiger partial charge in [0.15, 0.2) is 0 Å². The molecule has 1 heterocycles. The summed E-state index contributed by atoms with van der Waals surface area (Å²) in [6, 6.07) is 5.75. The number of imidazole rings is 1. The Morgan fingerprint density at radius 2 is 2.06 bits per heavy atom. The van der Waals surface area contributed by atoms with Crippen LogP contribution in [0.2, 0.25) is 0 Å². The molecule has 0 amide bonds. The molecule has 0 saturated carbocycles. The molecule has 2 aromatic rings. The highest BCUT2D eigenvalue weighted by Crippen LogP contribution is 2.12. The number of carbonyl (C=O) groups excluding carboxylic acids is 1. The monoisotopic (exact) mass is 220 g/mol. The van der Waals surface area contributed by atoms with Crippen LogP contribution in [0.4, 0.5) is 4.39 Å². The van der Waals surface area contributed by atoms with Crippen molar-refractivity contribution >= 4 is 5.97 Å². The fourth-order valence-corrected chi connectivity index (χ4v) is 1.36. The largest absolute Gasteiger partial charge is 0.463 e. The Morgan fingerprint density at radius 3 is 2.69 bits per heavy atom. The van der Waals surface area contributed by atoms with Crippen molar-refractivity contribution in [3.8, 4) is 5.69 Å². The maximum Gasteiger partial charge on any atom is 0.374 e. The van der Waals surface area contributed by atoms with Crippen LogP contribution in [-0.4, -0.2) is 22.6 Å². The maximum atomic E-state index is 12.7. The minimum atomic E-state index is -0.533. The Morgan fingerprint density at radius 1 is 1.38 bits per heavy atom. The van der Waals surface area contributed by atoms with Gasteiger partial charge in [-0.3, -0.25) is 4.57 Å². The molecule has 16 heavy (non-hydrogen) atoms. The molecule has 5 heteroatoms. The molecule has 0 aliphatic heterocycles. The summed E-state index contributed by atoms with van der Waals surface area (Å²) in [4.78, 5) is 15.2. The molecule has 0 aliphatic rings. The van der Waals surface area contributed by atoms with Gasteiger partial charge in [-0.15, -0.1) is 0 Å². The lowest BCUT2D eigenvalue weighted by Gasteiger charge is -2.05. The number of esters is 1. The van der Waals surface area contributed by atoms with Gasteiger partial charge in [-0.1, -0.05) is 0 Å². The van der Waals surface area contributed by atoms with Crippen molar-refractivity contribution in [2.75, 3.05) is 7.11 Å². The van der Waals surface area contributed by atoms with Crippen molar-refractivity contribution in [3.05, 3.63) is 48.3 Å². The van der Waals surface area contributed by atoms with Crippen LogP contribution in [0.3, 0.4) is 0 Å². The van der Waals surface area contributed by atoms with Gasteiger partial charge in [0.05, 0.1) is 7.11 Å². The average Bonchev–Trinajstić information content (AvgIpc) is 2.78. The van der Waals surface area contributed by atoms with Gasteiger partial charge in [0, 0.05) is 18.1 Å². The fraction of sp³-hybridized carbons (Fsp3) is 0.0909. The third kappa shape index (κ3) is 1.79. The summed E-state index contributed by atoms with van der Waals surface area (Å²) in [5.74, 6) is -0.702. The quantitative estimate of drug-likeness (QED) is 0.725. The lowest BCUT2D eigenvalue weighted by atomic mass is 10.3. The minimum Gasteiger partial charge on any atom is -0.463 e. The second-order valence-corrected chi connectivity index (χ2v) is 3.09. The molecule has 0 aliphatic carbocycles. The summed E-state index contributed by atoms with van der Waals surface area (Å²) in [5, 5.41) is 0. The second-order valence-electron chi connectivity index (χ2n) is 3.09. The number of nitrogens with zero attached hydrogens (tertiary/aromatic N) is 2. The van der Waals surface area contributed by atoms with E-state index in [2.05, 4.69) is 9.72 Å². The summed E-state index contributed by atoms with van der Waals surface area (Å²) in [7, 11) is 1.28. The smallest absolute Gasteiger partial charge is 0.374 e. The third-order valence-corrected chi connectivity index (χ3v) is 2.11. The summed E-state index contributed by atoms with van der Waals surface area (Å²) in [5.41, 5.74) is 0.652. The minimum absolute atomic E-state index is 0.161. The molecule has 0 fully saturated rings.